The third-order valence-corrected chi connectivity index (χ3v) is 4.19. The number of aliphatic hydroxyl groups excluding tert-OH is 1. The summed E-state index contributed by atoms with van der Waals surface area (Å²) in [6.45, 7) is 4.48. The molecule has 0 aliphatic carbocycles. The van der Waals surface area contributed by atoms with Gasteiger partial charge in [0, 0.05) is 44.2 Å². The lowest BCUT2D eigenvalue weighted by molar-refractivity contribution is 0.117. The molecule has 0 bridgehead atoms. The van der Waals surface area contributed by atoms with Crippen molar-refractivity contribution in [3.63, 3.8) is 0 Å². The van der Waals surface area contributed by atoms with E-state index in [0.29, 0.717) is 12.6 Å². The van der Waals surface area contributed by atoms with Crippen molar-refractivity contribution in [1.82, 2.24) is 19.4 Å². The Morgan fingerprint density at radius 3 is 2.89 bits per heavy atom. The molecule has 0 atom stereocenters. The zero-order chi connectivity index (χ0) is 12.8. The van der Waals surface area contributed by atoms with Crippen LogP contribution in [0.5, 0.6) is 0 Å². The number of hydrogen-bond donors (Lipinski definition) is 1. The van der Waals surface area contributed by atoms with Crippen LogP contribution in [0, 0.1) is 0 Å². The first kappa shape index (κ1) is 13.9. The Bertz CT molecular complexity index is 325. The van der Waals surface area contributed by atoms with E-state index in [4.69, 9.17) is 5.11 Å². The molecule has 6 heteroatoms. The second-order valence-corrected chi connectivity index (χ2v) is 5.57. The summed E-state index contributed by atoms with van der Waals surface area (Å²) in [5, 5.41) is 15.0. The molecule has 0 amide bonds. The van der Waals surface area contributed by atoms with Gasteiger partial charge in [-0.2, -0.15) is 0 Å². The van der Waals surface area contributed by atoms with Gasteiger partial charge in [-0.25, -0.2) is 0 Å². The average Bonchev–Trinajstić information content (AvgIpc) is 2.89. The fourth-order valence-electron chi connectivity index (χ4n) is 2.50. The molecule has 1 N–H and O–H groups in total. The topological polar surface area (TPSA) is 52.5 Å². The summed E-state index contributed by atoms with van der Waals surface area (Å²) in [7, 11) is 2.17. The highest BCUT2D eigenvalue weighted by Crippen LogP contribution is 2.17. The third kappa shape index (κ3) is 3.98. The van der Waals surface area contributed by atoms with Gasteiger partial charge in [-0.15, -0.1) is 5.10 Å². The van der Waals surface area contributed by atoms with E-state index in [1.54, 1.807) is 0 Å². The average molecular weight is 270 g/mol. The van der Waals surface area contributed by atoms with Crippen molar-refractivity contribution in [1.29, 1.82) is 0 Å². The van der Waals surface area contributed by atoms with Crippen molar-refractivity contribution in [3.8, 4) is 0 Å². The fraction of sp³-hybridized carbons (Fsp3) is 0.833. The fourth-order valence-corrected chi connectivity index (χ4v) is 2.95. The maximum atomic E-state index is 8.85. The van der Waals surface area contributed by atoms with Crippen LogP contribution in [0.1, 0.15) is 25.0 Å². The molecule has 2 rings (SSSR count). The summed E-state index contributed by atoms with van der Waals surface area (Å²) in [5.41, 5.74) is 1.09. The molecule has 1 aliphatic heterocycles. The smallest absolute Gasteiger partial charge is 0.0895 e. The second kappa shape index (κ2) is 7.13. The lowest BCUT2D eigenvalue weighted by Gasteiger charge is -2.36. The molecule has 0 aromatic carbocycles. The molecule has 1 aromatic heterocycles. The van der Waals surface area contributed by atoms with Gasteiger partial charge in [-0.1, -0.05) is 4.49 Å². The van der Waals surface area contributed by atoms with Crippen molar-refractivity contribution >= 4 is 11.5 Å². The van der Waals surface area contributed by atoms with E-state index >= 15 is 0 Å². The SMILES string of the molecule is CN(CCCO)C1CCN(Cc2csnn2)CC1. The Balaban J connectivity index is 1.70. The Kier molecular flexibility index (Phi) is 5.49. The maximum absolute atomic E-state index is 8.85. The molecule has 1 fully saturated rings. The minimum atomic E-state index is 0.292. The standard InChI is InChI=1S/C12H22N4OS/c1-15(5-2-8-17)12-3-6-16(7-4-12)9-11-10-18-14-13-11/h10,12,17H,2-9H2,1H3. The highest BCUT2D eigenvalue weighted by molar-refractivity contribution is 7.03. The van der Waals surface area contributed by atoms with Crippen LogP contribution in [0.4, 0.5) is 0 Å². The summed E-state index contributed by atoms with van der Waals surface area (Å²) in [6, 6.07) is 0.668. The molecule has 0 saturated carbocycles. The normalized spacial score (nSPS) is 18.6. The molecule has 0 radical (unpaired) electrons. The highest BCUT2D eigenvalue weighted by atomic mass is 32.1. The number of rotatable bonds is 6. The van der Waals surface area contributed by atoms with E-state index in [9.17, 15) is 0 Å². The monoisotopic (exact) mass is 270 g/mol. The first-order valence-electron chi connectivity index (χ1n) is 6.59. The van der Waals surface area contributed by atoms with Crippen molar-refractivity contribution in [3.05, 3.63) is 11.1 Å². The molecule has 18 heavy (non-hydrogen) atoms. The van der Waals surface area contributed by atoms with E-state index < -0.39 is 0 Å². The Labute approximate surface area is 113 Å². The van der Waals surface area contributed by atoms with Gasteiger partial charge in [0.2, 0.25) is 0 Å². The lowest BCUT2D eigenvalue weighted by atomic mass is 10.0. The first-order chi connectivity index (χ1) is 8.79. The second-order valence-electron chi connectivity index (χ2n) is 4.96. The minimum absolute atomic E-state index is 0.292. The number of nitrogens with zero attached hydrogens (tertiary/aromatic N) is 4. The molecular weight excluding hydrogens is 248 g/mol. The predicted octanol–water partition coefficient (Wildman–Crippen LogP) is 0.817. The summed E-state index contributed by atoms with van der Waals surface area (Å²) < 4.78 is 3.90. The van der Waals surface area contributed by atoms with Crippen LogP contribution in [-0.4, -0.2) is 63.8 Å². The zero-order valence-electron chi connectivity index (χ0n) is 11.0. The van der Waals surface area contributed by atoms with Crippen LogP contribution in [0.15, 0.2) is 5.38 Å². The van der Waals surface area contributed by atoms with E-state index in [2.05, 4.69) is 26.4 Å². The number of piperidine rings is 1. The van der Waals surface area contributed by atoms with Crippen molar-refractivity contribution < 1.29 is 5.11 Å². The van der Waals surface area contributed by atoms with Gasteiger partial charge in [0.15, 0.2) is 0 Å². The molecule has 2 heterocycles. The van der Waals surface area contributed by atoms with Crippen LogP contribution < -0.4 is 0 Å². The van der Waals surface area contributed by atoms with Gasteiger partial charge in [0.25, 0.3) is 0 Å². The van der Waals surface area contributed by atoms with Gasteiger partial charge in [-0.05, 0) is 37.8 Å². The molecule has 1 saturated heterocycles. The maximum Gasteiger partial charge on any atom is 0.0895 e. The Morgan fingerprint density at radius 1 is 1.50 bits per heavy atom. The van der Waals surface area contributed by atoms with E-state index in [-0.39, 0.29) is 0 Å². The summed E-state index contributed by atoms with van der Waals surface area (Å²) in [5.74, 6) is 0. The summed E-state index contributed by atoms with van der Waals surface area (Å²) in [4.78, 5) is 4.84. The molecule has 102 valence electrons. The predicted molar refractivity (Wildman–Crippen MR) is 72.5 cm³/mol. The molecule has 0 spiro atoms. The van der Waals surface area contributed by atoms with Gasteiger partial charge in [0.05, 0.1) is 5.69 Å². The minimum Gasteiger partial charge on any atom is -0.396 e. The zero-order valence-corrected chi connectivity index (χ0v) is 11.8. The van der Waals surface area contributed by atoms with Crippen LogP contribution in [0.25, 0.3) is 0 Å². The summed E-state index contributed by atoms with van der Waals surface area (Å²) >= 11 is 1.42. The molecular formula is C12H22N4OS. The molecule has 1 aliphatic rings. The number of aromatic nitrogens is 2. The van der Waals surface area contributed by atoms with E-state index in [1.165, 1.54) is 24.4 Å². The number of aliphatic hydroxyl groups is 1. The van der Waals surface area contributed by atoms with Crippen LogP contribution in [0.2, 0.25) is 0 Å². The van der Waals surface area contributed by atoms with Crippen molar-refractivity contribution in [2.24, 2.45) is 0 Å². The van der Waals surface area contributed by atoms with Gasteiger partial charge >= 0.3 is 0 Å². The Morgan fingerprint density at radius 2 is 2.28 bits per heavy atom. The highest BCUT2D eigenvalue weighted by Gasteiger charge is 2.22. The first-order valence-corrected chi connectivity index (χ1v) is 7.42. The quantitative estimate of drug-likeness (QED) is 0.829. The van der Waals surface area contributed by atoms with Crippen molar-refractivity contribution in [2.75, 3.05) is 33.3 Å². The van der Waals surface area contributed by atoms with E-state index in [0.717, 1.165) is 38.3 Å². The van der Waals surface area contributed by atoms with Gasteiger partial charge in [0.1, 0.15) is 0 Å². The molecule has 1 aromatic rings. The summed E-state index contributed by atoms with van der Waals surface area (Å²) in [6.07, 6.45) is 3.29. The number of likely N-dealkylation sites (tertiary alicyclic amines) is 1. The lowest BCUT2D eigenvalue weighted by Crippen LogP contribution is -2.43. The third-order valence-electron chi connectivity index (χ3n) is 3.64. The van der Waals surface area contributed by atoms with Crippen LogP contribution in [0.3, 0.4) is 0 Å². The molecule has 0 unspecified atom stereocenters. The largest absolute Gasteiger partial charge is 0.396 e. The van der Waals surface area contributed by atoms with Crippen LogP contribution >= 0.6 is 11.5 Å². The molecule has 5 nitrogen and oxygen atoms in total. The van der Waals surface area contributed by atoms with Crippen LogP contribution in [-0.2, 0) is 6.54 Å². The van der Waals surface area contributed by atoms with Crippen molar-refractivity contribution in [2.45, 2.75) is 31.8 Å². The Hall–Kier alpha value is -0.560. The van der Waals surface area contributed by atoms with Gasteiger partial charge < -0.3 is 10.0 Å². The van der Waals surface area contributed by atoms with Gasteiger partial charge in [-0.3, -0.25) is 4.90 Å². The number of hydrogen-bond acceptors (Lipinski definition) is 6. The van der Waals surface area contributed by atoms with E-state index in [1.807, 2.05) is 5.38 Å².